The summed E-state index contributed by atoms with van der Waals surface area (Å²) in [5, 5.41) is 4.54. The van der Waals surface area contributed by atoms with E-state index in [4.69, 9.17) is 10.5 Å². The maximum absolute atomic E-state index is 12.9. The first-order valence-electron chi connectivity index (χ1n) is 10.2. The van der Waals surface area contributed by atoms with Gasteiger partial charge in [0.15, 0.2) is 5.82 Å². The van der Waals surface area contributed by atoms with Crippen LogP contribution < -0.4 is 15.8 Å². The number of aromatic nitrogens is 2. The monoisotopic (exact) mass is 488 g/mol. The Kier molecular flexibility index (Phi) is 6.88. The molecule has 0 aliphatic carbocycles. The Labute approximate surface area is 196 Å². The molecule has 174 valence electrons. The average molecular weight is 489 g/mol. The zero-order valence-electron chi connectivity index (χ0n) is 18.0. The molecule has 1 aromatic carbocycles. The number of nitrogen functional groups attached to an aromatic ring is 1. The number of rotatable bonds is 6. The molecule has 12 heteroatoms. The highest BCUT2D eigenvalue weighted by Gasteiger charge is 2.27. The minimum Gasteiger partial charge on any atom is -0.387 e. The van der Waals surface area contributed by atoms with Crippen molar-refractivity contribution in [3.8, 4) is 17.1 Å². The summed E-state index contributed by atoms with van der Waals surface area (Å²) >= 11 is 1.52. The van der Waals surface area contributed by atoms with E-state index in [1.807, 2.05) is 24.6 Å². The summed E-state index contributed by atoms with van der Waals surface area (Å²) < 4.78 is 32.5. The van der Waals surface area contributed by atoms with Gasteiger partial charge < -0.3 is 20.7 Å². The van der Waals surface area contributed by atoms with Gasteiger partial charge in [-0.15, -0.1) is 11.3 Å². The number of carbonyl (C=O) groups is 1. The zero-order valence-corrected chi connectivity index (χ0v) is 19.6. The summed E-state index contributed by atoms with van der Waals surface area (Å²) in [6.45, 7) is 2.63. The van der Waals surface area contributed by atoms with Crippen LogP contribution in [-0.4, -0.2) is 66.9 Å². The van der Waals surface area contributed by atoms with Crippen molar-refractivity contribution in [2.45, 2.75) is 11.4 Å². The van der Waals surface area contributed by atoms with Crippen LogP contribution in [0, 0.1) is 0 Å². The van der Waals surface area contributed by atoms with Crippen molar-refractivity contribution < 1.29 is 17.9 Å². The Hall–Kier alpha value is -3.06. The van der Waals surface area contributed by atoms with Gasteiger partial charge in [0.2, 0.25) is 10.0 Å². The highest BCUT2D eigenvalue weighted by Crippen LogP contribution is 2.25. The number of likely N-dealkylation sites (N-methyl/N-ethyl adjacent to an activating group) is 1. The second-order valence-electron chi connectivity index (χ2n) is 7.50. The Morgan fingerprint density at radius 3 is 2.58 bits per heavy atom. The maximum Gasteiger partial charge on any atom is 0.414 e. The Morgan fingerprint density at radius 2 is 1.91 bits per heavy atom. The third kappa shape index (κ3) is 5.47. The summed E-state index contributed by atoms with van der Waals surface area (Å²) in [7, 11) is -1.60. The van der Waals surface area contributed by atoms with Gasteiger partial charge in [-0.05, 0) is 30.6 Å². The molecule has 3 N–H and O–H groups in total. The molecule has 1 aliphatic heterocycles. The summed E-state index contributed by atoms with van der Waals surface area (Å²) in [5.41, 5.74) is 6.83. The van der Waals surface area contributed by atoms with E-state index in [1.54, 1.807) is 12.1 Å². The summed E-state index contributed by atoms with van der Waals surface area (Å²) in [5.74, 6) is -0.149. The summed E-state index contributed by atoms with van der Waals surface area (Å²) in [6.07, 6.45) is 0.741. The van der Waals surface area contributed by atoms with Crippen LogP contribution in [0.5, 0.6) is 5.88 Å². The lowest BCUT2D eigenvalue weighted by molar-refractivity contribution is 0.198. The fourth-order valence-electron chi connectivity index (χ4n) is 3.27. The molecular weight excluding hydrogens is 464 g/mol. The summed E-state index contributed by atoms with van der Waals surface area (Å²) in [4.78, 5) is 23.7. The van der Waals surface area contributed by atoms with E-state index in [2.05, 4.69) is 20.2 Å². The molecule has 3 aromatic rings. The number of benzene rings is 1. The second-order valence-corrected chi connectivity index (χ2v) is 10.5. The number of hydrogen-bond donors (Lipinski definition) is 2. The topological polar surface area (TPSA) is 131 Å². The van der Waals surface area contributed by atoms with Crippen LogP contribution in [0.4, 0.5) is 10.6 Å². The number of amides is 1. The lowest BCUT2D eigenvalue weighted by Crippen LogP contribution is -2.46. The van der Waals surface area contributed by atoms with E-state index >= 15 is 0 Å². The molecular formula is C21H24N6O4S2. The molecule has 0 saturated carbocycles. The van der Waals surface area contributed by atoms with Crippen LogP contribution in [0.25, 0.3) is 11.3 Å². The lowest BCUT2D eigenvalue weighted by atomic mass is 10.2. The number of nitrogens with one attached hydrogen (secondary N) is 1. The van der Waals surface area contributed by atoms with Crippen molar-refractivity contribution in [1.29, 1.82) is 0 Å². The number of piperazine rings is 1. The highest BCUT2D eigenvalue weighted by atomic mass is 32.2. The van der Waals surface area contributed by atoms with Gasteiger partial charge in [0.1, 0.15) is 0 Å². The second kappa shape index (κ2) is 9.83. The van der Waals surface area contributed by atoms with Crippen LogP contribution in [0.2, 0.25) is 0 Å². The molecule has 10 nitrogen and oxygen atoms in total. The van der Waals surface area contributed by atoms with Gasteiger partial charge in [0.05, 0.1) is 23.3 Å². The maximum atomic E-state index is 12.9. The first kappa shape index (κ1) is 23.1. The predicted octanol–water partition coefficient (Wildman–Crippen LogP) is 2.01. The van der Waals surface area contributed by atoms with Crippen molar-refractivity contribution >= 4 is 33.3 Å². The molecule has 1 amide bonds. The minimum absolute atomic E-state index is 0.0284. The molecule has 1 fully saturated rings. The SMILES string of the molecule is CN1CCN(S(=O)(=O)c2ccc(-c3cnc(N)c(OC(=O)NCc4cccs4)n3)cc2)CC1. The van der Waals surface area contributed by atoms with Crippen LogP contribution in [-0.2, 0) is 16.6 Å². The molecule has 0 spiro atoms. The van der Waals surface area contributed by atoms with E-state index in [0.717, 1.165) is 4.88 Å². The van der Waals surface area contributed by atoms with E-state index < -0.39 is 16.1 Å². The molecule has 0 unspecified atom stereocenters. The number of ether oxygens (including phenoxy) is 1. The Morgan fingerprint density at radius 1 is 1.18 bits per heavy atom. The van der Waals surface area contributed by atoms with E-state index in [9.17, 15) is 13.2 Å². The van der Waals surface area contributed by atoms with Crippen molar-refractivity contribution in [2.75, 3.05) is 39.0 Å². The van der Waals surface area contributed by atoms with Crippen LogP contribution >= 0.6 is 11.3 Å². The number of nitrogens with two attached hydrogens (primary N) is 1. The number of hydrogen-bond acceptors (Lipinski definition) is 9. The quantitative estimate of drug-likeness (QED) is 0.539. The molecule has 1 saturated heterocycles. The van der Waals surface area contributed by atoms with Gasteiger partial charge in [-0.1, -0.05) is 18.2 Å². The van der Waals surface area contributed by atoms with Gasteiger partial charge in [0, 0.05) is 36.6 Å². The number of sulfonamides is 1. The molecule has 0 atom stereocenters. The zero-order chi connectivity index (χ0) is 23.4. The smallest absolute Gasteiger partial charge is 0.387 e. The minimum atomic E-state index is -3.57. The number of anilines is 1. The van der Waals surface area contributed by atoms with Crippen molar-refractivity contribution in [1.82, 2.24) is 24.5 Å². The molecule has 0 radical (unpaired) electrons. The number of carbonyl (C=O) groups excluding carboxylic acids is 1. The molecule has 4 rings (SSSR count). The van der Waals surface area contributed by atoms with Crippen LogP contribution in [0.15, 0.2) is 52.9 Å². The fourth-order valence-corrected chi connectivity index (χ4v) is 5.33. The Bertz CT molecular complexity index is 1210. The van der Waals surface area contributed by atoms with Crippen LogP contribution in [0.1, 0.15) is 4.88 Å². The summed E-state index contributed by atoms with van der Waals surface area (Å²) in [6, 6.07) is 10.1. The predicted molar refractivity (Wildman–Crippen MR) is 125 cm³/mol. The van der Waals surface area contributed by atoms with Crippen molar-refractivity contribution in [3.05, 3.63) is 52.9 Å². The van der Waals surface area contributed by atoms with Gasteiger partial charge in [0.25, 0.3) is 5.88 Å². The molecule has 3 heterocycles. The molecule has 1 aliphatic rings. The normalized spacial score (nSPS) is 15.3. The highest BCUT2D eigenvalue weighted by molar-refractivity contribution is 7.89. The first-order chi connectivity index (χ1) is 15.8. The van der Waals surface area contributed by atoms with Gasteiger partial charge in [-0.3, -0.25) is 0 Å². The fraction of sp³-hybridized carbons (Fsp3) is 0.286. The van der Waals surface area contributed by atoms with Crippen LogP contribution in [0.3, 0.4) is 0 Å². The average Bonchev–Trinajstić information content (AvgIpc) is 3.33. The standard InChI is InChI=1S/C21H24N6O4S2/c1-26-8-10-27(11-9-26)33(29,30)17-6-4-15(5-7-17)18-14-23-19(22)20(25-18)31-21(28)24-13-16-3-2-12-32-16/h2-7,12,14H,8-11,13H2,1H3,(H2,22,23)(H,24,28). The largest absolute Gasteiger partial charge is 0.414 e. The third-order valence-electron chi connectivity index (χ3n) is 5.19. The van der Waals surface area contributed by atoms with E-state index in [1.165, 1.54) is 34.0 Å². The number of thiophene rings is 1. The van der Waals surface area contributed by atoms with Gasteiger partial charge in [-0.25, -0.2) is 23.2 Å². The van der Waals surface area contributed by atoms with E-state index in [0.29, 0.717) is 44.0 Å². The first-order valence-corrected chi connectivity index (χ1v) is 12.5. The van der Waals surface area contributed by atoms with Crippen molar-refractivity contribution in [2.24, 2.45) is 0 Å². The van der Waals surface area contributed by atoms with Crippen molar-refractivity contribution in [3.63, 3.8) is 0 Å². The lowest BCUT2D eigenvalue weighted by Gasteiger charge is -2.31. The third-order valence-corrected chi connectivity index (χ3v) is 7.98. The van der Waals surface area contributed by atoms with E-state index in [-0.39, 0.29) is 16.6 Å². The Balaban J connectivity index is 1.46. The molecule has 2 aromatic heterocycles. The molecule has 33 heavy (non-hydrogen) atoms. The van der Waals surface area contributed by atoms with Gasteiger partial charge >= 0.3 is 6.09 Å². The number of nitrogens with zero attached hydrogens (tertiary/aromatic N) is 4. The van der Waals surface area contributed by atoms with Gasteiger partial charge in [-0.2, -0.15) is 4.31 Å². The molecule has 0 bridgehead atoms.